The van der Waals surface area contributed by atoms with E-state index in [4.69, 9.17) is 4.74 Å². The number of alkyl halides is 1. The topological polar surface area (TPSA) is 29.5 Å². The number of halogens is 1. The summed E-state index contributed by atoms with van der Waals surface area (Å²) >= 11 is 3.60. The highest BCUT2D eigenvalue weighted by Crippen LogP contribution is 2.29. The van der Waals surface area contributed by atoms with E-state index in [0.29, 0.717) is 11.2 Å². The molecule has 2 aliphatic heterocycles. The average Bonchev–Trinajstić information content (AvgIpc) is 2.81. The van der Waals surface area contributed by atoms with Gasteiger partial charge in [-0.25, -0.2) is 0 Å². The predicted octanol–water partition coefficient (Wildman–Crippen LogP) is 2.38. The van der Waals surface area contributed by atoms with E-state index in [1.807, 2.05) is 29.2 Å². The van der Waals surface area contributed by atoms with Crippen LogP contribution in [0.2, 0.25) is 0 Å². The number of piperidine rings is 1. The molecule has 2 unspecified atom stereocenters. The van der Waals surface area contributed by atoms with Crippen LogP contribution in [0.25, 0.3) is 0 Å². The number of amides is 1. The second-order valence-electron chi connectivity index (χ2n) is 4.94. The van der Waals surface area contributed by atoms with Crippen LogP contribution in [-0.4, -0.2) is 34.8 Å². The van der Waals surface area contributed by atoms with Gasteiger partial charge in [0, 0.05) is 24.3 Å². The number of benzene rings is 1. The molecule has 3 nitrogen and oxygen atoms in total. The summed E-state index contributed by atoms with van der Waals surface area (Å²) in [6.45, 7) is 1.66. The van der Waals surface area contributed by atoms with Crippen molar-refractivity contribution in [2.75, 3.05) is 13.1 Å². The molecule has 0 N–H and O–H groups in total. The summed E-state index contributed by atoms with van der Waals surface area (Å²) in [6.07, 6.45) is 2.61. The first-order valence-electron chi connectivity index (χ1n) is 6.41. The Kier molecular flexibility index (Phi) is 3.29. The number of likely N-dealkylation sites (tertiary alicyclic amines) is 1. The van der Waals surface area contributed by atoms with E-state index in [9.17, 15) is 4.79 Å². The van der Waals surface area contributed by atoms with Gasteiger partial charge in [-0.05, 0) is 24.5 Å². The first-order chi connectivity index (χ1) is 8.74. The average molecular weight is 310 g/mol. The highest BCUT2D eigenvalue weighted by molar-refractivity contribution is 9.09. The smallest absolute Gasteiger partial charge is 0.264 e. The third-order valence-electron chi connectivity index (χ3n) is 3.60. The zero-order valence-corrected chi connectivity index (χ0v) is 11.7. The van der Waals surface area contributed by atoms with Crippen molar-refractivity contribution >= 4 is 21.8 Å². The molecule has 1 aromatic rings. The summed E-state index contributed by atoms with van der Waals surface area (Å²) < 4.78 is 5.75. The molecule has 1 amide bonds. The highest BCUT2D eigenvalue weighted by atomic mass is 79.9. The van der Waals surface area contributed by atoms with Gasteiger partial charge >= 0.3 is 0 Å². The van der Waals surface area contributed by atoms with E-state index >= 15 is 0 Å². The van der Waals surface area contributed by atoms with Gasteiger partial charge in [-0.1, -0.05) is 34.1 Å². The normalized spacial score (nSPS) is 26.6. The molecule has 3 rings (SSSR count). The van der Waals surface area contributed by atoms with Crippen molar-refractivity contribution in [2.45, 2.75) is 30.2 Å². The number of carbonyl (C=O) groups excluding carboxylic acids is 1. The fraction of sp³-hybridized carbons (Fsp3) is 0.500. The summed E-state index contributed by atoms with van der Waals surface area (Å²) in [4.78, 5) is 14.8. The Bertz CT molecular complexity index is 438. The van der Waals surface area contributed by atoms with Gasteiger partial charge in [0.15, 0.2) is 6.10 Å². The molecule has 0 aromatic heterocycles. The minimum absolute atomic E-state index is 0.135. The predicted molar refractivity (Wildman–Crippen MR) is 73.1 cm³/mol. The number of hydrogen-bond acceptors (Lipinski definition) is 2. The maximum absolute atomic E-state index is 12.4. The highest BCUT2D eigenvalue weighted by Gasteiger charge is 2.33. The van der Waals surface area contributed by atoms with Crippen LogP contribution in [0, 0.1) is 0 Å². The molecule has 1 fully saturated rings. The number of hydrogen-bond donors (Lipinski definition) is 0. The number of ether oxygens (including phenoxy) is 1. The lowest BCUT2D eigenvalue weighted by Crippen LogP contribution is -2.46. The fourth-order valence-electron chi connectivity index (χ4n) is 2.65. The molecule has 0 aliphatic carbocycles. The first-order valence-corrected chi connectivity index (χ1v) is 7.33. The minimum Gasteiger partial charge on any atom is -0.480 e. The maximum Gasteiger partial charge on any atom is 0.264 e. The Morgan fingerprint density at radius 2 is 2.22 bits per heavy atom. The Morgan fingerprint density at radius 1 is 1.39 bits per heavy atom. The second-order valence-corrected chi connectivity index (χ2v) is 6.24. The number of carbonyl (C=O) groups is 1. The number of rotatable bonds is 1. The second kappa shape index (κ2) is 4.92. The lowest BCUT2D eigenvalue weighted by molar-refractivity contribution is -0.138. The van der Waals surface area contributed by atoms with Gasteiger partial charge in [-0.2, -0.15) is 0 Å². The van der Waals surface area contributed by atoms with Gasteiger partial charge in [0.2, 0.25) is 0 Å². The minimum atomic E-state index is -0.319. The number of fused-ring (bicyclic) bond motifs is 1. The monoisotopic (exact) mass is 309 g/mol. The summed E-state index contributed by atoms with van der Waals surface area (Å²) in [7, 11) is 0. The number of para-hydroxylation sites is 1. The SMILES string of the molecule is O=C(C1Cc2ccccc2O1)N1CCCC(Br)C1. The van der Waals surface area contributed by atoms with Crippen molar-refractivity contribution in [3.63, 3.8) is 0 Å². The van der Waals surface area contributed by atoms with Crippen molar-refractivity contribution in [1.29, 1.82) is 0 Å². The van der Waals surface area contributed by atoms with E-state index in [1.165, 1.54) is 0 Å². The zero-order chi connectivity index (χ0) is 12.5. The lowest BCUT2D eigenvalue weighted by Gasteiger charge is -2.31. The van der Waals surface area contributed by atoms with Crippen molar-refractivity contribution in [1.82, 2.24) is 4.90 Å². The van der Waals surface area contributed by atoms with E-state index in [2.05, 4.69) is 15.9 Å². The molecule has 2 heterocycles. The van der Waals surface area contributed by atoms with Crippen molar-refractivity contribution < 1.29 is 9.53 Å². The third kappa shape index (κ3) is 2.26. The zero-order valence-electron chi connectivity index (χ0n) is 10.1. The molecule has 0 saturated carbocycles. The molecular formula is C14H16BrNO2. The van der Waals surface area contributed by atoms with Crippen molar-refractivity contribution in [2.24, 2.45) is 0 Å². The van der Waals surface area contributed by atoms with Crippen LogP contribution >= 0.6 is 15.9 Å². The molecule has 18 heavy (non-hydrogen) atoms. The Hall–Kier alpha value is -1.03. The quantitative estimate of drug-likeness (QED) is 0.745. The summed E-state index contributed by atoms with van der Waals surface area (Å²) in [5.41, 5.74) is 1.14. The number of nitrogens with zero attached hydrogens (tertiary/aromatic N) is 1. The third-order valence-corrected chi connectivity index (χ3v) is 4.35. The summed E-state index contributed by atoms with van der Waals surface area (Å²) in [5, 5.41) is 0. The van der Waals surface area contributed by atoms with Crippen LogP contribution in [0.5, 0.6) is 5.75 Å². The maximum atomic E-state index is 12.4. The fourth-order valence-corrected chi connectivity index (χ4v) is 3.32. The van der Waals surface area contributed by atoms with Gasteiger partial charge in [-0.15, -0.1) is 0 Å². The standard InChI is InChI=1S/C14H16BrNO2/c15-11-5-3-7-16(9-11)14(17)13-8-10-4-1-2-6-12(10)18-13/h1-2,4,6,11,13H,3,5,7-9H2. The summed E-state index contributed by atoms with van der Waals surface area (Å²) in [6, 6.07) is 7.91. The molecule has 4 heteroatoms. The van der Waals surface area contributed by atoms with Gasteiger partial charge in [0.1, 0.15) is 5.75 Å². The lowest BCUT2D eigenvalue weighted by atomic mass is 10.1. The van der Waals surface area contributed by atoms with Gasteiger partial charge in [-0.3, -0.25) is 4.79 Å². The molecule has 2 aliphatic rings. The molecule has 1 aromatic carbocycles. The van der Waals surface area contributed by atoms with Crippen molar-refractivity contribution in [3.05, 3.63) is 29.8 Å². The molecule has 1 saturated heterocycles. The van der Waals surface area contributed by atoms with E-state index < -0.39 is 0 Å². The van der Waals surface area contributed by atoms with Crippen LogP contribution in [0.15, 0.2) is 24.3 Å². The van der Waals surface area contributed by atoms with Gasteiger partial charge in [0.05, 0.1) is 0 Å². The molecular weight excluding hydrogens is 294 g/mol. The van der Waals surface area contributed by atoms with Crippen LogP contribution < -0.4 is 4.74 Å². The van der Waals surface area contributed by atoms with Crippen molar-refractivity contribution in [3.8, 4) is 5.75 Å². The van der Waals surface area contributed by atoms with Crippen LogP contribution in [0.1, 0.15) is 18.4 Å². The van der Waals surface area contributed by atoms with E-state index in [1.54, 1.807) is 0 Å². The molecule has 0 radical (unpaired) electrons. The Morgan fingerprint density at radius 3 is 3.00 bits per heavy atom. The van der Waals surface area contributed by atoms with E-state index in [0.717, 1.165) is 37.2 Å². The Balaban J connectivity index is 1.68. The van der Waals surface area contributed by atoms with Gasteiger partial charge < -0.3 is 9.64 Å². The molecule has 96 valence electrons. The largest absolute Gasteiger partial charge is 0.480 e. The van der Waals surface area contributed by atoms with E-state index in [-0.39, 0.29) is 12.0 Å². The first kappa shape index (κ1) is 12.0. The van der Waals surface area contributed by atoms with Crippen LogP contribution in [0.3, 0.4) is 0 Å². The molecule has 2 atom stereocenters. The van der Waals surface area contributed by atoms with Crippen LogP contribution in [0.4, 0.5) is 0 Å². The van der Waals surface area contributed by atoms with Gasteiger partial charge in [0.25, 0.3) is 5.91 Å². The molecule has 0 spiro atoms. The molecule has 0 bridgehead atoms. The summed E-state index contributed by atoms with van der Waals surface area (Å²) in [5.74, 6) is 0.999. The Labute approximate surface area is 115 Å². The van der Waals surface area contributed by atoms with Crippen LogP contribution in [-0.2, 0) is 11.2 Å².